The van der Waals surface area contributed by atoms with Crippen molar-refractivity contribution in [2.24, 2.45) is 4.99 Å². The first-order valence-corrected chi connectivity index (χ1v) is 11.0. The Balaban J connectivity index is 1.65. The number of guanidine groups is 1. The highest BCUT2D eigenvalue weighted by Gasteiger charge is 2.28. The van der Waals surface area contributed by atoms with Crippen molar-refractivity contribution in [3.8, 4) is 5.75 Å². The minimum absolute atomic E-state index is 0.00922. The molecule has 1 heterocycles. The molecule has 0 bridgehead atoms. The first-order valence-electron chi connectivity index (χ1n) is 9.14. The number of aliphatic imine (C=N–C) groups is 1. The highest BCUT2D eigenvalue weighted by Crippen LogP contribution is 2.16. The zero-order chi connectivity index (χ0) is 20.6. The van der Waals surface area contributed by atoms with Crippen LogP contribution in [0.4, 0.5) is 4.39 Å². The number of hydrogen-bond acceptors (Lipinski definition) is 5. The van der Waals surface area contributed by atoms with Crippen LogP contribution in [0, 0.1) is 5.82 Å². The molecule has 0 spiro atoms. The van der Waals surface area contributed by atoms with E-state index in [0.717, 1.165) is 0 Å². The van der Waals surface area contributed by atoms with E-state index < -0.39 is 15.7 Å². The SMILES string of the molecule is CN=C(NCCC(=O)NC1CCS(=O)(=O)C1)NCC(C)Oc1ccccc1F. The van der Waals surface area contributed by atoms with Crippen LogP contribution in [0.1, 0.15) is 19.8 Å². The van der Waals surface area contributed by atoms with Gasteiger partial charge in [0.05, 0.1) is 18.1 Å². The van der Waals surface area contributed by atoms with E-state index in [0.29, 0.717) is 25.5 Å². The number of ether oxygens (including phenoxy) is 1. The monoisotopic (exact) mass is 414 g/mol. The van der Waals surface area contributed by atoms with Crippen molar-refractivity contribution in [3.63, 3.8) is 0 Å². The lowest BCUT2D eigenvalue weighted by molar-refractivity contribution is -0.121. The van der Waals surface area contributed by atoms with Crippen LogP contribution in [0.3, 0.4) is 0 Å². The van der Waals surface area contributed by atoms with Crippen LogP contribution >= 0.6 is 0 Å². The number of nitrogens with zero attached hydrogens (tertiary/aromatic N) is 1. The number of amides is 1. The molecule has 0 aromatic heterocycles. The van der Waals surface area contributed by atoms with Crippen molar-refractivity contribution in [2.75, 3.05) is 31.6 Å². The summed E-state index contributed by atoms with van der Waals surface area (Å²) in [7, 11) is -1.42. The predicted octanol–water partition coefficient (Wildman–Crippen LogP) is 0.451. The molecule has 0 aliphatic carbocycles. The van der Waals surface area contributed by atoms with E-state index in [4.69, 9.17) is 4.74 Å². The normalized spacial score (nSPS) is 19.7. The lowest BCUT2D eigenvalue weighted by Gasteiger charge is -2.18. The first kappa shape index (κ1) is 21.9. The van der Waals surface area contributed by atoms with E-state index in [1.165, 1.54) is 6.07 Å². The summed E-state index contributed by atoms with van der Waals surface area (Å²) in [5, 5.41) is 8.78. The molecule has 10 heteroatoms. The Morgan fingerprint density at radius 2 is 2.11 bits per heavy atom. The molecule has 0 saturated carbocycles. The van der Waals surface area contributed by atoms with E-state index in [-0.39, 0.29) is 41.7 Å². The van der Waals surface area contributed by atoms with Gasteiger partial charge >= 0.3 is 0 Å². The number of carbonyl (C=O) groups is 1. The summed E-state index contributed by atoms with van der Waals surface area (Å²) < 4.78 is 41.9. The molecule has 2 atom stereocenters. The number of halogens is 1. The third kappa shape index (κ3) is 7.34. The molecular weight excluding hydrogens is 387 g/mol. The van der Waals surface area contributed by atoms with Crippen molar-refractivity contribution in [1.82, 2.24) is 16.0 Å². The van der Waals surface area contributed by atoms with Crippen molar-refractivity contribution < 1.29 is 22.3 Å². The highest BCUT2D eigenvalue weighted by molar-refractivity contribution is 7.91. The molecule has 156 valence electrons. The molecule has 1 fully saturated rings. The van der Waals surface area contributed by atoms with E-state index in [1.807, 2.05) is 0 Å². The van der Waals surface area contributed by atoms with Crippen LogP contribution < -0.4 is 20.7 Å². The van der Waals surface area contributed by atoms with Gasteiger partial charge in [-0.25, -0.2) is 12.8 Å². The molecule has 1 amide bonds. The van der Waals surface area contributed by atoms with Gasteiger partial charge in [0, 0.05) is 26.1 Å². The van der Waals surface area contributed by atoms with Gasteiger partial charge < -0.3 is 20.7 Å². The molecule has 1 saturated heterocycles. The van der Waals surface area contributed by atoms with Gasteiger partial charge in [-0.1, -0.05) is 12.1 Å². The van der Waals surface area contributed by atoms with Crippen LogP contribution in [0.5, 0.6) is 5.75 Å². The molecule has 3 N–H and O–H groups in total. The number of nitrogens with one attached hydrogen (secondary N) is 3. The first-order chi connectivity index (χ1) is 13.3. The fourth-order valence-electron chi connectivity index (χ4n) is 2.76. The van der Waals surface area contributed by atoms with E-state index >= 15 is 0 Å². The average molecular weight is 415 g/mol. The second kappa shape index (κ2) is 10.3. The standard InChI is InChI=1S/C18H27FN4O4S/c1-13(27-16-6-4-3-5-15(16)19)11-22-18(20-2)21-9-7-17(24)23-14-8-10-28(25,26)12-14/h3-6,13-14H,7-12H2,1-2H3,(H,23,24)(H2,20,21,22). The Hall–Kier alpha value is -2.36. The molecule has 2 rings (SSSR count). The summed E-state index contributed by atoms with van der Waals surface area (Å²) in [6, 6.07) is 5.89. The Kier molecular flexibility index (Phi) is 8.04. The molecule has 0 radical (unpaired) electrons. The molecule has 1 aliphatic heterocycles. The lowest BCUT2D eigenvalue weighted by Crippen LogP contribution is -2.43. The quantitative estimate of drug-likeness (QED) is 0.421. The molecular formula is C18H27FN4O4S. The number of sulfone groups is 1. The summed E-state index contributed by atoms with van der Waals surface area (Å²) in [5.74, 6) is 0.180. The molecule has 1 aliphatic rings. The van der Waals surface area contributed by atoms with E-state index in [9.17, 15) is 17.6 Å². The minimum Gasteiger partial charge on any atom is -0.486 e. The van der Waals surface area contributed by atoms with E-state index in [1.54, 1.807) is 32.2 Å². The van der Waals surface area contributed by atoms with E-state index in [2.05, 4.69) is 20.9 Å². The van der Waals surface area contributed by atoms with Crippen LogP contribution in [0.15, 0.2) is 29.3 Å². The van der Waals surface area contributed by atoms with Crippen LogP contribution in [0.25, 0.3) is 0 Å². The summed E-state index contributed by atoms with van der Waals surface area (Å²) in [4.78, 5) is 16.0. The summed E-state index contributed by atoms with van der Waals surface area (Å²) in [6.45, 7) is 2.53. The van der Waals surface area contributed by atoms with Gasteiger partial charge in [0.25, 0.3) is 0 Å². The molecule has 8 nitrogen and oxygen atoms in total. The Morgan fingerprint density at radius 1 is 1.36 bits per heavy atom. The van der Waals surface area contributed by atoms with Crippen LogP contribution in [0.2, 0.25) is 0 Å². The van der Waals surface area contributed by atoms with Gasteiger partial charge in [-0.15, -0.1) is 0 Å². The lowest BCUT2D eigenvalue weighted by atomic mass is 10.2. The summed E-state index contributed by atoms with van der Waals surface area (Å²) in [6.07, 6.45) is 0.353. The average Bonchev–Trinajstić information content (AvgIpc) is 2.98. The van der Waals surface area contributed by atoms with Crippen LogP contribution in [-0.2, 0) is 14.6 Å². The maximum Gasteiger partial charge on any atom is 0.222 e. The topological polar surface area (TPSA) is 109 Å². The van der Waals surface area contributed by atoms with Crippen molar-refractivity contribution in [2.45, 2.75) is 31.9 Å². The zero-order valence-corrected chi connectivity index (χ0v) is 16.9. The Labute approximate surface area is 164 Å². The second-order valence-corrected chi connectivity index (χ2v) is 8.88. The van der Waals surface area contributed by atoms with Gasteiger partial charge in [0.2, 0.25) is 5.91 Å². The predicted molar refractivity (Wildman–Crippen MR) is 106 cm³/mol. The highest BCUT2D eigenvalue weighted by atomic mass is 32.2. The summed E-state index contributed by atoms with van der Waals surface area (Å²) in [5.41, 5.74) is 0. The minimum atomic E-state index is -3.01. The molecule has 1 aromatic carbocycles. The number of carbonyl (C=O) groups excluding carboxylic acids is 1. The molecule has 1 aromatic rings. The largest absolute Gasteiger partial charge is 0.486 e. The smallest absolute Gasteiger partial charge is 0.222 e. The van der Waals surface area contributed by atoms with Gasteiger partial charge in [-0.2, -0.15) is 0 Å². The van der Waals surface area contributed by atoms with Crippen molar-refractivity contribution in [3.05, 3.63) is 30.1 Å². The Morgan fingerprint density at radius 3 is 2.75 bits per heavy atom. The number of benzene rings is 1. The summed E-state index contributed by atoms with van der Waals surface area (Å²) >= 11 is 0. The molecule has 2 unspecified atom stereocenters. The number of rotatable bonds is 8. The number of hydrogen-bond donors (Lipinski definition) is 3. The molecule has 28 heavy (non-hydrogen) atoms. The maximum absolute atomic E-state index is 13.6. The number of para-hydroxylation sites is 1. The van der Waals surface area contributed by atoms with Gasteiger partial charge in [0.15, 0.2) is 27.4 Å². The van der Waals surface area contributed by atoms with Crippen molar-refractivity contribution in [1.29, 1.82) is 0 Å². The van der Waals surface area contributed by atoms with Gasteiger partial charge in [-0.3, -0.25) is 9.79 Å². The second-order valence-electron chi connectivity index (χ2n) is 6.66. The third-order valence-electron chi connectivity index (χ3n) is 4.19. The van der Waals surface area contributed by atoms with Gasteiger partial charge in [-0.05, 0) is 25.5 Å². The van der Waals surface area contributed by atoms with Gasteiger partial charge in [0.1, 0.15) is 6.10 Å². The van der Waals surface area contributed by atoms with Crippen LogP contribution in [-0.4, -0.2) is 64.1 Å². The maximum atomic E-state index is 13.6. The zero-order valence-electron chi connectivity index (χ0n) is 16.1. The van der Waals surface area contributed by atoms with Crippen molar-refractivity contribution >= 4 is 21.7 Å². The third-order valence-corrected chi connectivity index (χ3v) is 5.96. The fraction of sp³-hybridized carbons (Fsp3) is 0.556. The Bertz CT molecular complexity index is 801. The fourth-order valence-corrected chi connectivity index (χ4v) is 4.44.